The molecule has 0 spiro atoms. The number of hydrogen-bond donors (Lipinski definition) is 1. The highest BCUT2D eigenvalue weighted by molar-refractivity contribution is 7.16. The number of carbonyl (C=O) groups is 2. The number of thiazole rings is 1. The van der Waals surface area contributed by atoms with Crippen LogP contribution in [0.25, 0.3) is 11.3 Å². The van der Waals surface area contributed by atoms with Crippen molar-refractivity contribution < 1.29 is 31.9 Å². The molecular formula is C30H35F4N7O3S. The molecule has 2 aliphatic heterocycles. The topological polar surface area (TPSA) is 104 Å². The predicted molar refractivity (Wildman–Crippen MR) is 161 cm³/mol. The van der Waals surface area contributed by atoms with Gasteiger partial charge in [-0.15, -0.1) is 0 Å². The van der Waals surface area contributed by atoms with Crippen molar-refractivity contribution in [2.75, 3.05) is 49.5 Å². The Labute approximate surface area is 262 Å². The minimum atomic E-state index is -4.73. The van der Waals surface area contributed by atoms with Gasteiger partial charge in [-0.2, -0.15) is 13.2 Å². The molecule has 1 aromatic carbocycles. The van der Waals surface area contributed by atoms with Gasteiger partial charge in [0.05, 0.1) is 36.8 Å². The first-order chi connectivity index (χ1) is 21.4. The van der Waals surface area contributed by atoms with Crippen LogP contribution in [0.4, 0.5) is 28.5 Å². The summed E-state index contributed by atoms with van der Waals surface area (Å²) in [5.41, 5.74) is -0.899. The highest BCUT2D eigenvalue weighted by Crippen LogP contribution is 2.38. The molecule has 2 aromatic heterocycles. The van der Waals surface area contributed by atoms with Crippen molar-refractivity contribution in [3.8, 4) is 11.3 Å². The van der Waals surface area contributed by atoms with Crippen LogP contribution in [0.5, 0.6) is 0 Å². The smallest absolute Gasteiger partial charge is 0.416 e. The van der Waals surface area contributed by atoms with E-state index in [1.165, 1.54) is 12.4 Å². The highest BCUT2D eigenvalue weighted by atomic mass is 32.1. The lowest BCUT2D eigenvalue weighted by Crippen LogP contribution is -2.53. The second-order valence-corrected chi connectivity index (χ2v) is 12.4. The number of nitrogens with one attached hydrogen (secondary N) is 1. The number of likely N-dealkylation sites (tertiary alicyclic amines) is 1. The lowest BCUT2D eigenvalue weighted by atomic mass is 10.1. The number of amides is 1. The number of halogens is 4. The fourth-order valence-electron chi connectivity index (χ4n) is 5.69. The molecule has 0 saturated carbocycles. The summed E-state index contributed by atoms with van der Waals surface area (Å²) in [6.45, 7) is 9.50. The van der Waals surface area contributed by atoms with Crippen LogP contribution >= 0.6 is 11.3 Å². The van der Waals surface area contributed by atoms with E-state index in [-0.39, 0.29) is 46.7 Å². The zero-order valence-corrected chi connectivity index (χ0v) is 26.1. The van der Waals surface area contributed by atoms with E-state index in [9.17, 15) is 27.2 Å². The number of aromatic nitrogens is 3. The highest BCUT2D eigenvalue weighted by Gasteiger charge is 2.33. The van der Waals surface area contributed by atoms with Gasteiger partial charge in [-0.3, -0.25) is 24.7 Å². The van der Waals surface area contributed by atoms with Crippen molar-refractivity contribution in [1.29, 1.82) is 0 Å². The Kier molecular flexibility index (Phi) is 9.99. The summed E-state index contributed by atoms with van der Waals surface area (Å²) in [5, 5.41) is 2.85. The lowest BCUT2D eigenvalue weighted by molar-refractivity contribution is -0.144. The molecule has 1 amide bonds. The third-order valence-corrected chi connectivity index (χ3v) is 8.94. The third kappa shape index (κ3) is 7.94. The van der Waals surface area contributed by atoms with Gasteiger partial charge in [0, 0.05) is 48.7 Å². The van der Waals surface area contributed by atoms with Crippen molar-refractivity contribution in [3.05, 3.63) is 52.5 Å². The van der Waals surface area contributed by atoms with Crippen molar-refractivity contribution in [1.82, 2.24) is 24.8 Å². The average Bonchev–Trinajstić information content (AvgIpc) is 3.58. The minimum absolute atomic E-state index is 0.0125. The number of benzene rings is 1. The molecule has 2 fully saturated rings. The second kappa shape index (κ2) is 13.7. The van der Waals surface area contributed by atoms with Gasteiger partial charge in [0.25, 0.3) is 5.91 Å². The third-order valence-electron chi connectivity index (χ3n) is 7.99. The molecule has 2 atom stereocenters. The maximum atomic E-state index is 14.3. The summed E-state index contributed by atoms with van der Waals surface area (Å²) in [6.07, 6.45) is 0.115. The van der Waals surface area contributed by atoms with Gasteiger partial charge in [-0.05, 0) is 58.4 Å². The van der Waals surface area contributed by atoms with Crippen molar-refractivity contribution in [3.63, 3.8) is 0 Å². The molecule has 45 heavy (non-hydrogen) atoms. The molecule has 0 bridgehead atoms. The van der Waals surface area contributed by atoms with E-state index >= 15 is 0 Å². The van der Waals surface area contributed by atoms with E-state index in [2.05, 4.69) is 32.1 Å². The van der Waals surface area contributed by atoms with Crippen molar-refractivity contribution in [2.45, 2.75) is 58.4 Å². The minimum Gasteiger partial charge on any atom is -0.465 e. The Hall–Kier alpha value is -3.69. The molecule has 4 heterocycles. The van der Waals surface area contributed by atoms with Crippen LogP contribution in [0.15, 0.2) is 30.6 Å². The first-order valence-electron chi connectivity index (χ1n) is 14.8. The first kappa shape index (κ1) is 32.7. The molecule has 0 aliphatic carbocycles. The largest absolute Gasteiger partial charge is 0.465 e. The number of alkyl halides is 3. The Morgan fingerprint density at radius 1 is 1.09 bits per heavy atom. The van der Waals surface area contributed by atoms with Gasteiger partial charge >= 0.3 is 12.1 Å². The number of hydrogen-bond acceptors (Lipinski definition) is 10. The molecule has 1 unspecified atom stereocenters. The van der Waals surface area contributed by atoms with Gasteiger partial charge in [0.1, 0.15) is 17.3 Å². The van der Waals surface area contributed by atoms with Crippen LogP contribution in [-0.4, -0.2) is 88.0 Å². The lowest BCUT2D eigenvalue weighted by Gasteiger charge is -2.39. The van der Waals surface area contributed by atoms with E-state index in [1.54, 1.807) is 6.92 Å². The van der Waals surface area contributed by atoms with Crippen LogP contribution in [0, 0.1) is 5.82 Å². The normalized spacial score (nSPS) is 19.6. The monoisotopic (exact) mass is 649 g/mol. The summed E-state index contributed by atoms with van der Waals surface area (Å²) in [5.74, 6) is -1.29. The van der Waals surface area contributed by atoms with Crippen molar-refractivity contribution in [2.24, 2.45) is 0 Å². The maximum absolute atomic E-state index is 14.3. The summed E-state index contributed by atoms with van der Waals surface area (Å²) < 4.78 is 59.8. The summed E-state index contributed by atoms with van der Waals surface area (Å²) in [6, 6.07) is 2.66. The number of nitrogens with zero attached hydrogens (tertiary/aromatic N) is 6. The zero-order valence-electron chi connectivity index (χ0n) is 25.2. The number of ether oxygens (including phenoxy) is 1. The van der Waals surface area contributed by atoms with E-state index in [4.69, 9.17) is 4.74 Å². The first-order valence-corrected chi connectivity index (χ1v) is 15.6. The standard InChI is InChI=1S/C30H35F4N7O3S/c1-4-44-26(42)17-39-8-9-41(19(3)15-39)25-14-35-23(13-36-25)28(43)38-29-37-27(24(45-29)16-40-7-5-6-18(40)2)20-10-21(30(32,33)34)12-22(31)11-20/h10-14,18-19H,4-9,15-17H2,1-3H3,(H,37,38,43)/t18-,19?/m1/s1. The molecule has 0 radical (unpaired) electrons. The van der Waals surface area contributed by atoms with Gasteiger partial charge in [-0.1, -0.05) is 11.3 Å². The molecule has 3 aromatic rings. The Bertz CT molecular complexity index is 1520. The molecule has 2 aliphatic rings. The van der Waals surface area contributed by atoms with E-state index in [0.717, 1.165) is 42.9 Å². The number of esters is 1. The molecule has 15 heteroatoms. The average molecular weight is 650 g/mol. The molecule has 10 nitrogen and oxygen atoms in total. The van der Waals surface area contributed by atoms with E-state index in [0.29, 0.717) is 49.5 Å². The molecule has 2 saturated heterocycles. The van der Waals surface area contributed by atoms with Gasteiger partial charge < -0.3 is 9.64 Å². The zero-order chi connectivity index (χ0) is 32.3. The SMILES string of the molecule is CCOC(=O)CN1CCN(c2cnc(C(=O)Nc3nc(-c4cc(F)cc(C(F)(F)F)c4)c(CN4CCC[C@H]4C)s3)cn2)C(C)C1. The predicted octanol–water partition coefficient (Wildman–Crippen LogP) is 5.07. The maximum Gasteiger partial charge on any atom is 0.416 e. The summed E-state index contributed by atoms with van der Waals surface area (Å²) in [4.78, 5) is 45.0. The summed E-state index contributed by atoms with van der Waals surface area (Å²) >= 11 is 1.14. The Morgan fingerprint density at radius 2 is 1.89 bits per heavy atom. The van der Waals surface area contributed by atoms with Crippen LogP contribution in [0.1, 0.15) is 54.5 Å². The molecule has 5 rings (SSSR count). The number of piperazine rings is 1. The van der Waals surface area contributed by atoms with Gasteiger partial charge in [0.2, 0.25) is 0 Å². The van der Waals surface area contributed by atoms with Gasteiger partial charge in [-0.25, -0.2) is 19.3 Å². The number of anilines is 2. The quantitative estimate of drug-likeness (QED) is 0.252. The van der Waals surface area contributed by atoms with E-state index in [1.807, 2.05) is 16.7 Å². The van der Waals surface area contributed by atoms with Crippen molar-refractivity contribution >= 4 is 34.2 Å². The second-order valence-electron chi connectivity index (χ2n) is 11.3. The fourth-order valence-corrected chi connectivity index (χ4v) is 6.70. The Morgan fingerprint density at radius 3 is 2.53 bits per heavy atom. The Balaban J connectivity index is 1.31. The van der Waals surface area contributed by atoms with Crippen LogP contribution in [0.3, 0.4) is 0 Å². The summed E-state index contributed by atoms with van der Waals surface area (Å²) in [7, 11) is 0. The molecule has 242 valence electrons. The number of rotatable bonds is 9. The van der Waals surface area contributed by atoms with Crippen LogP contribution in [0.2, 0.25) is 0 Å². The molecular weight excluding hydrogens is 614 g/mol. The number of carbonyl (C=O) groups excluding carboxylic acids is 2. The van der Waals surface area contributed by atoms with Crippen LogP contribution < -0.4 is 10.2 Å². The van der Waals surface area contributed by atoms with E-state index < -0.39 is 23.5 Å². The van der Waals surface area contributed by atoms with Gasteiger partial charge in [0.15, 0.2) is 5.13 Å². The van der Waals surface area contributed by atoms with Crippen LogP contribution in [-0.2, 0) is 22.3 Å². The molecule has 1 N–H and O–H groups in total. The fraction of sp³-hybridized carbons (Fsp3) is 0.500.